The first-order valence-electron chi connectivity index (χ1n) is 10.6. The van der Waals surface area contributed by atoms with Crippen LogP contribution in [0.1, 0.15) is 24.8 Å². The Kier molecular flexibility index (Phi) is 6.42. The molecule has 0 bridgehead atoms. The number of aromatic nitrogens is 1. The number of likely N-dealkylation sites (tertiary alicyclic amines) is 1. The molecule has 1 aromatic heterocycles. The van der Waals surface area contributed by atoms with Gasteiger partial charge in [0.15, 0.2) is 0 Å². The van der Waals surface area contributed by atoms with E-state index in [1.165, 1.54) is 6.08 Å². The van der Waals surface area contributed by atoms with E-state index in [0.29, 0.717) is 24.5 Å². The number of carbonyl (C=O) groups excluding carboxylic acids is 2. The minimum absolute atomic E-state index is 0.155. The highest BCUT2D eigenvalue weighted by Crippen LogP contribution is 2.34. The molecule has 160 valence electrons. The minimum Gasteiger partial charge on any atom is -0.352 e. The van der Waals surface area contributed by atoms with Gasteiger partial charge in [0.05, 0.1) is 0 Å². The average molecular weight is 436 g/mol. The molecule has 1 saturated heterocycles. The van der Waals surface area contributed by atoms with Crippen molar-refractivity contribution in [3.05, 3.63) is 65.3 Å². The molecule has 1 aliphatic heterocycles. The van der Waals surface area contributed by atoms with E-state index in [4.69, 9.17) is 11.6 Å². The van der Waals surface area contributed by atoms with Gasteiger partial charge in [0.25, 0.3) is 0 Å². The lowest BCUT2D eigenvalue weighted by atomic mass is 9.98. The lowest BCUT2D eigenvalue weighted by molar-refractivity contribution is -0.127. The fourth-order valence-electron chi connectivity index (χ4n) is 4.07. The van der Waals surface area contributed by atoms with Crippen LogP contribution in [-0.4, -0.2) is 40.9 Å². The van der Waals surface area contributed by atoms with Crippen LogP contribution in [0.15, 0.2) is 54.7 Å². The van der Waals surface area contributed by atoms with Crippen LogP contribution in [0.2, 0.25) is 5.02 Å². The second kappa shape index (κ2) is 9.40. The predicted molar refractivity (Wildman–Crippen MR) is 126 cm³/mol. The molecule has 0 spiro atoms. The van der Waals surface area contributed by atoms with Crippen molar-refractivity contribution in [3.63, 3.8) is 0 Å². The Hall–Kier alpha value is -3.05. The van der Waals surface area contributed by atoms with Crippen molar-refractivity contribution in [1.29, 1.82) is 0 Å². The van der Waals surface area contributed by atoms with Crippen molar-refractivity contribution in [2.24, 2.45) is 7.05 Å². The number of benzene rings is 2. The molecule has 4 rings (SSSR count). The Bertz CT molecular complexity index is 1150. The average Bonchev–Trinajstić information content (AvgIpc) is 3.34. The smallest absolute Gasteiger partial charge is 0.244 e. The third-order valence-corrected chi connectivity index (χ3v) is 6.02. The number of carbonyl (C=O) groups is 2. The maximum absolute atomic E-state index is 12.3. The summed E-state index contributed by atoms with van der Waals surface area (Å²) >= 11 is 6.54. The van der Waals surface area contributed by atoms with E-state index in [-0.39, 0.29) is 11.8 Å². The first-order chi connectivity index (χ1) is 15.0. The van der Waals surface area contributed by atoms with Gasteiger partial charge in [-0.3, -0.25) is 9.59 Å². The van der Waals surface area contributed by atoms with E-state index in [1.807, 2.05) is 36.3 Å². The molecular formula is C25H26ClN3O2. The lowest BCUT2D eigenvalue weighted by Gasteiger charge is -2.14. The molecule has 3 aromatic rings. The largest absolute Gasteiger partial charge is 0.352 e. The molecule has 5 nitrogen and oxygen atoms in total. The van der Waals surface area contributed by atoms with Crippen LogP contribution in [0, 0.1) is 0 Å². The zero-order chi connectivity index (χ0) is 21.8. The summed E-state index contributed by atoms with van der Waals surface area (Å²) in [5.74, 6) is 0.0607. The third kappa shape index (κ3) is 4.83. The number of halogens is 1. The van der Waals surface area contributed by atoms with Gasteiger partial charge >= 0.3 is 0 Å². The quantitative estimate of drug-likeness (QED) is 0.434. The van der Waals surface area contributed by atoms with Crippen LogP contribution < -0.4 is 5.32 Å². The molecule has 1 N–H and O–H groups in total. The second-order valence-electron chi connectivity index (χ2n) is 7.87. The zero-order valence-corrected chi connectivity index (χ0v) is 18.4. The highest BCUT2D eigenvalue weighted by Gasteiger charge is 2.19. The van der Waals surface area contributed by atoms with E-state index < -0.39 is 0 Å². The number of nitrogens with one attached hydrogen (secondary N) is 1. The summed E-state index contributed by atoms with van der Waals surface area (Å²) in [6.07, 6.45) is 7.71. The van der Waals surface area contributed by atoms with E-state index in [2.05, 4.69) is 34.1 Å². The third-order valence-electron chi connectivity index (χ3n) is 5.71. The Balaban J connectivity index is 1.43. The van der Waals surface area contributed by atoms with Gasteiger partial charge in [0.1, 0.15) is 0 Å². The van der Waals surface area contributed by atoms with E-state index in [1.54, 1.807) is 6.08 Å². The molecule has 2 amide bonds. The van der Waals surface area contributed by atoms with Crippen molar-refractivity contribution in [2.45, 2.75) is 19.3 Å². The van der Waals surface area contributed by atoms with Gasteiger partial charge < -0.3 is 14.8 Å². The fraction of sp³-hybridized carbons (Fsp3) is 0.280. The first kappa shape index (κ1) is 21.2. The van der Waals surface area contributed by atoms with Gasteiger partial charge in [-0.05, 0) is 54.3 Å². The van der Waals surface area contributed by atoms with Crippen molar-refractivity contribution < 1.29 is 9.59 Å². The number of amides is 2. The molecule has 6 heteroatoms. The molecular weight excluding hydrogens is 410 g/mol. The summed E-state index contributed by atoms with van der Waals surface area (Å²) < 4.78 is 2.08. The Morgan fingerprint density at radius 2 is 2.10 bits per heavy atom. The van der Waals surface area contributed by atoms with Crippen molar-refractivity contribution in [2.75, 3.05) is 19.6 Å². The number of fused-ring (bicyclic) bond motifs is 1. The van der Waals surface area contributed by atoms with Crippen LogP contribution in [0.4, 0.5) is 0 Å². The molecule has 0 radical (unpaired) electrons. The maximum atomic E-state index is 12.3. The molecule has 0 saturated carbocycles. The van der Waals surface area contributed by atoms with Gasteiger partial charge in [-0.25, -0.2) is 0 Å². The monoisotopic (exact) mass is 435 g/mol. The molecule has 2 heterocycles. The Morgan fingerprint density at radius 1 is 1.23 bits per heavy atom. The molecule has 0 atom stereocenters. The van der Waals surface area contributed by atoms with Gasteiger partial charge in [-0.1, -0.05) is 29.8 Å². The summed E-state index contributed by atoms with van der Waals surface area (Å²) in [4.78, 5) is 25.8. The summed E-state index contributed by atoms with van der Waals surface area (Å²) in [7, 11) is 2.02. The molecule has 2 aromatic carbocycles. The number of hydrogen-bond acceptors (Lipinski definition) is 2. The number of nitrogens with zero attached hydrogens (tertiary/aromatic N) is 2. The highest BCUT2D eigenvalue weighted by molar-refractivity contribution is 6.33. The van der Waals surface area contributed by atoms with Gasteiger partial charge in [0, 0.05) is 66.9 Å². The number of rotatable bonds is 7. The van der Waals surface area contributed by atoms with Crippen LogP contribution in [0.25, 0.3) is 28.1 Å². The minimum atomic E-state index is -0.155. The van der Waals surface area contributed by atoms with Gasteiger partial charge in [-0.2, -0.15) is 0 Å². The number of hydrogen-bond donors (Lipinski definition) is 1. The molecule has 0 unspecified atom stereocenters. The van der Waals surface area contributed by atoms with Crippen LogP contribution in [-0.2, 0) is 16.6 Å². The van der Waals surface area contributed by atoms with Gasteiger partial charge in [0.2, 0.25) is 11.8 Å². The van der Waals surface area contributed by atoms with E-state index in [9.17, 15) is 9.59 Å². The fourth-order valence-corrected chi connectivity index (χ4v) is 4.36. The zero-order valence-electron chi connectivity index (χ0n) is 17.6. The summed E-state index contributed by atoms with van der Waals surface area (Å²) in [6.45, 7) is 2.07. The normalized spacial score (nSPS) is 14.1. The van der Waals surface area contributed by atoms with Gasteiger partial charge in [-0.15, -0.1) is 0 Å². The highest BCUT2D eigenvalue weighted by atomic mass is 35.5. The molecule has 31 heavy (non-hydrogen) atoms. The topological polar surface area (TPSA) is 54.3 Å². The standard InChI is InChI=1S/C25H26ClN3O2/c1-28-16-12-19-17-20(8-10-22(19)28)25-18(5-2-6-21(25)26)9-11-23(30)27-13-4-15-29-14-3-7-24(29)31/h2,5-6,8-12,16-17H,3-4,7,13-15H2,1H3,(H,27,30)/b11-9+. The second-order valence-corrected chi connectivity index (χ2v) is 8.27. The summed E-state index contributed by atoms with van der Waals surface area (Å²) in [6, 6.07) is 14.0. The van der Waals surface area contributed by atoms with Crippen LogP contribution >= 0.6 is 11.6 Å². The molecule has 0 aliphatic carbocycles. The molecule has 1 fully saturated rings. The SMILES string of the molecule is Cn1ccc2cc(-c3c(Cl)cccc3/C=C/C(=O)NCCCN3CCCC3=O)ccc21. The lowest BCUT2D eigenvalue weighted by Crippen LogP contribution is -2.29. The summed E-state index contributed by atoms with van der Waals surface area (Å²) in [5, 5.41) is 4.68. The number of aryl methyl sites for hydroxylation is 1. The van der Waals surface area contributed by atoms with Crippen molar-refractivity contribution in [3.8, 4) is 11.1 Å². The molecule has 1 aliphatic rings. The first-order valence-corrected chi connectivity index (χ1v) is 11.0. The van der Waals surface area contributed by atoms with Crippen molar-refractivity contribution >= 4 is 40.4 Å². The Morgan fingerprint density at radius 3 is 2.90 bits per heavy atom. The van der Waals surface area contributed by atoms with E-state index >= 15 is 0 Å². The predicted octanol–water partition coefficient (Wildman–Crippen LogP) is 4.64. The van der Waals surface area contributed by atoms with Crippen molar-refractivity contribution in [1.82, 2.24) is 14.8 Å². The van der Waals surface area contributed by atoms with Crippen LogP contribution in [0.3, 0.4) is 0 Å². The van der Waals surface area contributed by atoms with E-state index in [0.717, 1.165) is 47.0 Å². The maximum Gasteiger partial charge on any atom is 0.244 e. The van der Waals surface area contributed by atoms with Crippen LogP contribution in [0.5, 0.6) is 0 Å². The summed E-state index contributed by atoms with van der Waals surface area (Å²) in [5.41, 5.74) is 3.97. The Labute approximate surface area is 187 Å².